The second-order valence-electron chi connectivity index (χ2n) is 6.29. The minimum atomic E-state index is -0.469. The molecule has 1 aromatic rings. The van der Waals surface area contributed by atoms with Gasteiger partial charge in [0.25, 0.3) is 0 Å². The van der Waals surface area contributed by atoms with Crippen LogP contribution in [0.2, 0.25) is 0 Å². The maximum atomic E-state index is 12.2. The predicted molar refractivity (Wildman–Crippen MR) is 85.9 cm³/mol. The lowest BCUT2D eigenvalue weighted by atomic mass is 10.1. The zero-order chi connectivity index (χ0) is 15.5. The molecule has 0 fully saturated rings. The lowest BCUT2D eigenvalue weighted by molar-refractivity contribution is 0.0584. The molecule has 21 heavy (non-hydrogen) atoms. The number of anilines is 2. The van der Waals surface area contributed by atoms with Gasteiger partial charge in [-0.25, -0.2) is 4.79 Å². The number of hydrogen-bond acceptors (Lipinski definition) is 4. The van der Waals surface area contributed by atoms with Gasteiger partial charge in [-0.05, 0) is 63.9 Å². The Kier molecular flexibility index (Phi) is 4.73. The first kappa shape index (κ1) is 15.6. The van der Waals surface area contributed by atoms with Crippen LogP contribution in [0.5, 0.6) is 0 Å². The van der Waals surface area contributed by atoms with E-state index in [-0.39, 0.29) is 6.09 Å². The predicted octanol–water partition coefficient (Wildman–Crippen LogP) is 2.74. The third-order valence-electron chi connectivity index (χ3n) is 3.30. The Hall–Kier alpha value is -1.75. The van der Waals surface area contributed by atoms with Gasteiger partial charge in [0.15, 0.2) is 0 Å². The average molecular weight is 291 g/mol. The zero-order valence-electron chi connectivity index (χ0n) is 13.1. The van der Waals surface area contributed by atoms with Crippen molar-refractivity contribution in [1.82, 2.24) is 0 Å². The van der Waals surface area contributed by atoms with Crippen LogP contribution < -0.4 is 16.0 Å². The van der Waals surface area contributed by atoms with Crippen LogP contribution in [-0.4, -0.2) is 31.3 Å². The van der Waals surface area contributed by atoms with Gasteiger partial charge in [0.2, 0.25) is 0 Å². The number of benzene rings is 1. The minimum absolute atomic E-state index is 0.273. The molecule has 0 aromatic heterocycles. The number of rotatable bonds is 4. The number of carbonyl (C=O) groups is 1. The second kappa shape index (κ2) is 6.35. The zero-order valence-corrected chi connectivity index (χ0v) is 13.1. The van der Waals surface area contributed by atoms with Gasteiger partial charge in [-0.2, -0.15) is 0 Å². The van der Waals surface area contributed by atoms with Crippen LogP contribution in [0.4, 0.5) is 16.2 Å². The highest BCUT2D eigenvalue weighted by Crippen LogP contribution is 2.31. The topological polar surface area (TPSA) is 67.6 Å². The SMILES string of the molecule is CC(C)(C)OC(=O)N1CCc2cc(NCCCN)ccc21. The number of carbonyl (C=O) groups excluding carboxylic acids is 1. The van der Waals surface area contributed by atoms with E-state index in [0.29, 0.717) is 13.1 Å². The maximum Gasteiger partial charge on any atom is 0.414 e. The molecule has 0 saturated heterocycles. The molecular weight excluding hydrogens is 266 g/mol. The summed E-state index contributed by atoms with van der Waals surface area (Å²) in [6, 6.07) is 6.09. The Morgan fingerprint density at radius 3 is 2.86 bits per heavy atom. The molecule has 5 heteroatoms. The standard InChI is InChI=1S/C16H25N3O2/c1-16(2,3)21-15(20)19-10-7-12-11-13(5-6-14(12)19)18-9-4-8-17/h5-6,11,18H,4,7-10,17H2,1-3H3. The maximum absolute atomic E-state index is 12.2. The summed E-state index contributed by atoms with van der Waals surface area (Å²) >= 11 is 0. The summed E-state index contributed by atoms with van der Waals surface area (Å²) in [5.74, 6) is 0. The van der Waals surface area contributed by atoms with E-state index in [4.69, 9.17) is 10.5 Å². The van der Waals surface area contributed by atoms with Crippen LogP contribution in [0.1, 0.15) is 32.8 Å². The van der Waals surface area contributed by atoms with Crippen LogP contribution in [0.25, 0.3) is 0 Å². The molecule has 1 heterocycles. The van der Waals surface area contributed by atoms with Gasteiger partial charge in [-0.3, -0.25) is 4.90 Å². The summed E-state index contributed by atoms with van der Waals surface area (Å²) in [6.45, 7) is 7.87. The van der Waals surface area contributed by atoms with Crippen LogP contribution in [0.15, 0.2) is 18.2 Å². The smallest absolute Gasteiger partial charge is 0.414 e. The number of amides is 1. The Balaban J connectivity index is 2.05. The fourth-order valence-electron chi connectivity index (χ4n) is 2.35. The summed E-state index contributed by atoms with van der Waals surface area (Å²) in [6.07, 6.45) is 1.53. The van der Waals surface area contributed by atoms with Gasteiger partial charge in [0.05, 0.1) is 5.69 Å². The number of nitrogens with zero attached hydrogens (tertiary/aromatic N) is 1. The van der Waals surface area contributed by atoms with E-state index in [1.165, 1.54) is 5.56 Å². The molecule has 0 spiro atoms. The number of fused-ring (bicyclic) bond motifs is 1. The van der Waals surface area contributed by atoms with Crippen molar-refractivity contribution in [3.63, 3.8) is 0 Å². The van der Waals surface area contributed by atoms with Crippen molar-refractivity contribution in [3.8, 4) is 0 Å². The van der Waals surface area contributed by atoms with Gasteiger partial charge in [-0.1, -0.05) is 0 Å². The van der Waals surface area contributed by atoms with Crippen molar-refractivity contribution in [2.45, 2.75) is 39.2 Å². The molecule has 1 aromatic carbocycles. The normalized spacial score (nSPS) is 14.0. The monoisotopic (exact) mass is 291 g/mol. The number of nitrogens with one attached hydrogen (secondary N) is 1. The van der Waals surface area contributed by atoms with Crippen molar-refractivity contribution in [3.05, 3.63) is 23.8 Å². The highest BCUT2D eigenvalue weighted by atomic mass is 16.6. The van der Waals surface area contributed by atoms with E-state index in [1.54, 1.807) is 4.90 Å². The Labute approximate surface area is 126 Å². The average Bonchev–Trinajstić information content (AvgIpc) is 2.80. The van der Waals surface area contributed by atoms with Gasteiger partial charge >= 0.3 is 6.09 Å². The molecule has 5 nitrogen and oxygen atoms in total. The minimum Gasteiger partial charge on any atom is -0.443 e. The van der Waals surface area contributed by atoms with Crippen molar-refractivity contribution in [1.29, 1.82) is 0 Å². The van der Waals surface area contributed by atoms with Crippen LogP contribution in [0.3, 0.4) is 0 Å². The van der Waals surface area contributed by atoms with Gasteiger partial charge in [0, 0.05) is 18.8 Å². The summed E-state index contributed by atoms with van der Waals surface area (Å²) in [5.41, 5.74) is 8.23. The van der Waals surface area contributed by atoms with E-state index < -0.39 is 5.60 Å². The Bertz CT molecular complexity index is 509. The van der Waals surface area contributed by atoms with Crippen molar-refractivity contribution < 1.29 is 9.53 Å². The lowest BCUT2D eigenvalue weighted by Crippen LogP contribution is -2.35. The van der Waals surface area contributed by atoms with E-state index in [2.05, 4.69) is 11.4 Å². The molecule has 0 saturated carbocycles. The number of nitrogens with two attached hydrogens (primary N) is 1. The summed E-state index contributed by atoms with van der Waals surface area (Å²) in [7, 11) is 0. The molecular formula is C16H25N3O2. The molecule has 1 aliphatic rings. The molecule has 1 aliphatic heterocycles. The lowest BCUT2D eigenvalue weighted by Gasteiger charge is -2.24. The molecule has 116 valence electrons. The highest BCUT2D eigenvalue weighted by molar-refractivity contribution is 5.91. The molecule has 0 radical (unpaired) electrons. The third kappa shape index (κ3) is 4.11. The van der Waals surface area contributed by atoms with Gasteiger partial charge < -0.3 is 15.8 Å². The summed E-state index contributed by atoms with van der Waals surface area (Å²) in [4.78, 5) is 13.9. The van der Waals surface area contributed by atoms with Crippen molar-refractivity contribution >= 4 is 17.5 Å². The molecule has 0 aliphatic carbocycles. The Morgan fingerprint density at radius 1 is 1.43 bits per heavy atom. The van der Waals surface area contributed by atoms with E-state index in [0.717, 1.165) is 30.8 Å². The van der Waals surface area contributed by atoms with E-state index in [1.807, 2.05) is 32.9 Å². The Morgan fingerprint density at radius 2 is 2.19 bits per heavy atom. The van der Waals surface area contributed by atoms with Crippen LogP contribution in [-0.2, 0) is 11.2 Å². The quantitative estimate of drug-likeness (QED) is 0.837. The largest absolute Gasteiger partial charge is 0.443 e. The molecule has 0 unspecified atom stereocenters. The summed E-state index contributed by atoms with van der Waals surface area (Å²) < 4.78 is 5.45. The second-order valence-corrected chi connectivity index (χ2v) is 6.29. The molecule has 2 rings (SSSR count). The fraction of sp³-hybridized carbons (Fsp3) is 0.562. The first-order valence-corrected chi connectivity index (χ1v) is 7.48. The van der Waals surface area contributed by atoms with Crippen molar-refractivity contribution in [2.24, 2.45) is 5.73 Å². The molecule has 0 atom stereocenters. The first-order chi connectivity index (χ1) is 9.90. The third-order valence-corrected chi connectivity index (χ3v) is 3.30. The summed E-state index contributed by atoms with van der Waals surface area (Å²) in [5, 5.41) is 3.34. The van der Waals surface area contributed by atoms with Gasteiger partial charge in [0.1, 0.15) is 5.60 Å². The number of hydrogen-bond donors (Lipinski definition) is 2. The van der Waals surface area contributed by atoms with Crippen molar-refractivity contribution in [2.75, 3.05) is 29.9 Å². The number of ether oxygens (including phenoxy) is 1. The molecule has 1 amide bonds. The van der Waals surface area contributed by atoms with Crippen LogP contribution >= 0.6 is 0 Å². The first-order valence-electron chi connectivity index (χ1n) is 7.48. The fourth-order valence-corrected chi connectivity index (χ4v) is 2.35. The van der Waals surface area contributed by atoms with Gasteiger partial charge in [-0.15, -0.1) is 0 Å². The van der Waals surface area contributed by atoms with E-state index >= 15 is 0 Å². The van der Waals surface area contributed by atoms with Crippen LogP contribution in [0, 0.1) is 0 Å². The highest BCUT2D eigenvalue weighted by Gasteiger charge is 2.28. The van der Waals surface area contributed by atoms with E-state index in [9.17, 15) is 4.79 Å². The molecule has 3 N–H and O–H groups in total. The molecule has 0 bridgehead atoms.